The van der Waals surface area contributed by atoms with E-state index >= 15 is 0 Å². The molecule has 2 aliphatic rings. The van der Waals surface area contributed by atoms with E-state index in [1.165, 1.54) is 0 Å². The molecular weight excluding hydrogens is 366 g/mol. The van der Waals surface area contributed by atoms with Crippen LogP contribution in [-0.4, -0.2) is 64.8 Å². The number of amides is 1. The molecule has 2 saturated heterocycles. The summed E-state index contributed by atoms with van der Waals surface area (Å²) in [7, 11) is 0. The summed E-state index contributed by atoms with van der Waals surface area (Å²) in [5.41, 5.74) is 3.79. The topological polar surface area (TPSA) is 63.0 Å². The van der Waals surface area contributed by atoms with Gasteiger partial charge in [-0.15, -0.1) is 0 Å². The fourth-order valence-corrected chi connectivity index (χ4v) is 4.21. The third-order valence-corrected chi connectivity index (χ3v) is 5.92. The van der Waals surface area contributed by atoms with Gasteiger partial charge in [0.2, 0.25) is 0 Å². The molecule has 150 valence electrons. The first-order chi connectivity index (χ1) is 14.2. The van der Waals surface area contributed by atoms with E-state index in [4.69, 9.17) is 14.8 Å². The molecule has 2 aromatic heterocycles. The molecule has 0 N–H and O–H groups in total. The van der Waals surface area contributed by atoms with Crippen molar-refractivity contribution in [1.29, 1.82) is 0 Å². The fourth-order valence-electron chi connectivity index (χ4n) is 4.21. The maximum atomic E-state index is 12.9. The molecule has 0 saturated carbocycles. The molecule has 29 heavy (non-hydrogen) atoms. The van der Waals surface area contributed by atoms with E-state index in [1.54, 1.807) is 0 Å². The third kappa shape index (κ3) is 3.46. The lowest BCUT2D eigenvalue weighted by atomic mass is 10.1. The average molecular weight is 391 g/mol. The summed E-state index contributed by atoms with van der Waals surface area (Å²) in [6.07, 6.45) is 2.94. The maximum absolute atomic E-state index is 12.9. The molecule has 7 heteroatoms. The van der Waals surface area contributed by atoms with Gasteiger partial charge in [0.05, 0.1) is 25.1 Å². The first-order valence-corrected chi connectivity index (χ1v) is 10.2. The Kier molecular flexibility index (Phi) is 4.67. The van der Waals surface area contributed by atoms with Crippen LogP contribution in [-0.2, 0) is 4.74 Å². The Balaban J connectivity index is 1.33. The lowest BCUT2D eigenvalue weighted by molar-refractivity contribution is 0.0790. The van der Waals surface area contributed by atoms with Gasteiger partial charge < -0.3 is 14.5 Å². The van der Waals surface area contributed by atoms with E-state index in [9.17, 15) is 4.79 Å². The Hall–Kier alpha value is -2.93. The number of pyridine rings is 1. The van der Waals surface area contributed by atoms with Crippen LogP contribution in [0.3, 0.4) is 0 Å². The SMILES string of the molecule is Cc1ccccc1C(=O)N1CCC(c2nc3ccc(N4CCOCC4)cn3n2)C1. The molecule has 1 aromatic carbocycles. The van der Waals surface area contributed by atoms with Gasteiger partial charge in [-0.25, -0.2) is 9.50 Å². The summed E-state index contributed by atoms with van der Waals surface area (Å²) < 4.78 is 7.31. The first kappa shape index (κ1) is 18.1. The van der Waals surface area contributed by atoms with E-state index in [2.05, 4.69) is 11.0 Å². The van der Waals surface area contributed by atoms with Crippen LogP contribution in [0.1, 0.15) is 34.1 Å². The van der Waals surface area contributed by atoms with E-state index in [0.717, 1.165) is 67.6 Å². The molecule has 2 fully saturated rings. The number of hydrogen-bond donors (Lipinski definition) is 0. The molecule has 2 aliphatic heterocycles. The van der Waals surface area contributed by atoms with Crippen LogP contribution in [0.4, 0.5) is 5.69 Å². The monoisotopic (exact) mass is 391 g/mol. The number of likely N-dealkylation sites (tertiary alicyclic amines) is 1. The standard InChI is InChI=1S/C22H25N5O2/c1-16-4-2-3-5-19(16)22(28)26-9-8-17(14-26)21-23-20-7-6-18(15-27(20)24-21)25-10-12-29-13-11-25/h2-7,15,17H,8-14H2,1H3. The Morgan fingerprint density at radius 1 is 1.10 bits per heavy atom. The van der Waals surface area contributed by atoms with Gasteiger partial charge in [-0.05, 0) is 37.1 Å². The zero-order valence-corrected chi connectivity index (χ0v) is 16.6. The number of carbonyl (C=O) groups excluding carboxylic acids is 1. The minimum absolute atomic E-state index is 0.101. The highest BCUT2D eigenvalue weighted by Gasteiger charge is 2.31. The van der Waals surface area contributed by atoms with Crippen molar-refractivity contribution < 1.29 is 9.53 Å². The molecule has 0 spiro atoms. The van der Waals surface area contributed by atoms with Crippen LogP contribution >= 0.6 is 0 Å². The third-order valence-electron chi connectivity index (χ3n) is 5.92. The number of rotatable bonds is 3. The van der Waals surface area contributed by atoms with Crippen molar-refractivity contribution >= 4 is 17.2 Å². The molecule has 0 aliphatic carbocycles. The van der Waals surface area contributed by atoms with Gasteiger partial charge in [-0.1, -0.05) is 18.2 Å². The number of nitrogens with zero attached hydrogens (tertiary/aromatic N) is 5. The number of ether oxygens (including phenoxy) is 1. The zero-order chi connectivity index (χ0) is 19.8. The Morgan fingerprint density at radius 2 is 1.93 bits per heavy atom. The van der Waals surface area contributed by atoms with E-state index < -0.39 is 0 Å². The predicted octanol–water partition coefficient (Wildman–Crippen LogP) is 2.50. The number of aryl methyl sites for hydroxylation is 1. The summed E-state index contributed by atoms with van der Waals surface area (Å²) in [4.78, 5) is 21.9. The Morgan fingerprint density at radius 3 is 2.76 bits per heavy atom. The van der Waals surface area contributed by atoms with Crippen molar-refractivity contribution in [3.8, 4) is 0 Å². The zero-order valence-electron chi connectivity index (χ0n) is 16.6. The van der Waals surface area contributed by atoms with Gasteiger partial charge in [-0.3, -0.25) is 4.79 Å². The van der Waals surface area contributed by atoms with Crippen LogP contribution in [0.25, 0.3) is 5.65 Å². The molecule has 4 heterocycles. The number of aromatic nitrogens is 3. The number of hydrogen-bond acceptors (Lipinski definition) is 5. The maximum Gasteiger partial charge on any atom is 0.254 e. The van der Waals surface area contributed by atoms with Crippen LogP contribution in [0.5, 0.6) is 0 Å². The van der Waals surface area contributed by atoms with E-state index in [0.29, 0.717) is 6.54 Å². The molecule has 5 rings (SSSR count). The Bertz CT molecular complexity index is 1040. The molecule has 1 atom stereocenters. The number of fused-ring (bicyclic) bond motifs is 1. The van der Waals surface area contributed by atoms with Crippen molar-refractivity contribution in [2.45, 2.75) is 19.3 Å². The number of benzene rings is 1. The van der Waals surface area contributed by atoms with Crippen molar-refractivity contribution in [3.05, 3.63) is 59.5 Å². The highest BCUT2D eigenvalue weighted by atomic mass is 16.5. The second-order valence-corrected chi connectivity index (χ2v) is 7.81. The van der Waals surface area contributed by atoms with Gasteiger partial charge in [0.25, 0.3) is 5.91 Å². The summed E-state index contributed by atoms with van der Waals surface area (Å²) in [6.45, 7) is 6.70. The normalized spacial score (nSPS) is 19.8. The van der Waals surface area contributed by atoms with Crippen molar-refractivity contribution in [2.24, 2.45) is 0 Å². The summed E-state index contributed by atoms with van der Waals surface area (Å²) in [5, 5.41) is 4.74. The molecule has 0 radical (unpaired) electrons. The summed E-state index contributed by atoms with van der Waals surface area (Å²) >= 11 is 0. The number of morpholine rings is 1. The van der Waals surface area contributed by atoms with Gasteiger partial charge in [0, 0.05) is 37.7 Å². The minimum atomic E-state index is 0.101. The van der Waals surface area contributed by atoms with Crippen LogP contribution < -0.4 is 4.90 Å². The fraction of sp³-hybridized carbons (Fsp3) is 0.409. The molecule has 1 amide bonds. The molecule has 3 aromatic rings. The van der Waals surface area contributed by atoms with Crippen LogP contribution in [0, 0.1) is 6.92 Å². The van der Waals surface area contributed by atoms with Crippen LogP contribution in [0.15, 0.2) is 42.6 Å². The predicted molar refractivity (Wildman–Crippen MR) is 110 cm³/mol. The second kappa shape index (κ2) is 7.48. The van der Waals surface area contributed by atoms with Gasteiger partial charge in [0.1, 0.15) is 0 Å². The highest BCUT2D eigenvalue weighted by molar-refractivity contribution is 5.95. The van der Waals surface area contributed by atoms with Gasteiger partial charge in [0.15, 0.2) is 11.5 Å². The van der Waals surface area contributed by atoms with Crippen LogP contribution in [0.2, 0.25) is 0 Å². The molecular formula is C22H25N5O2. The van der Waals surface area contributed by atoms with E-state index in [-0.39, 0.29) is 11.8 Å². The summed E-state index contributed by atoms with van der Waals surface area (Å²) in [6, 6.07) is 11.9. The quantitative estimate of drug-likeness (QED) is 0.687. The second-order valence-electron chi connectivity index (χ2n) is 7.81. The highest BCUT2D eigenvalue weighted by Crippen LogP contribution is 2.27. The largest absolute Gasteiger partial charge is 0.378 e. The molecule has 7 nitrogen and oxygen atoms in total. The average Bonchev–Trinajstić information content (AvgIpc) is 3.41. The number of carbonyl (C=O) groups is 1. The lowest BCUT2D eigenvalue weighted by Crippen LogP contribution is -2.36. The first-order valence-electron chi connectivity index (χ1n) is 10.2. The van der Waals surface area contributed by atoms with Crippen molar-refractivity contribution in [3.63, 3.8) is 0 Å². The molecule has 0 bridgehead atoms. The van der Waals surface area contributed by atoms with Gasteiger partial charge >= 0.3 is 0 Å². The number of anilines is 1. The van der Waals surface area contributed by atoms with E-state index in [1.807, 2.05) is 52.9 Å². The lowest BCUT2D eigenvalue weighted by Gasteiger charge is -2.28. The van der Waals surface area contributed by atoms with Crippen molar-refractivity contribution in [1.82, 2.24) is 19.5 Å². The Labute approximate surface area is 169 Å². The van der Waals surface area contributed by atoms with Gasteiger partial charge in [-0.2, -0.15) is 5.10 Å². The summed E-state index contributed by atoms with van der Waals surface area (Å²) in [5.74, 6) is 1.10. The van der Waals surface area contributed by atoms with Crippen molar-refractivity contribution in [2.75, 3.05) is 44.3 Å². The minimum Gasteiger partial charge on any atom is -0.378 e. The molecule has 1 unspecified atom stereocenters. The smallest absolute Gasteiger partial charge is 0.254 e.